The van der Waals surface area contributed by atoms with Crippen LogP contribution in [-0.4, -0.2) is 31.0 Å². The first-order chi connectivity index (χ1) is 11.3. The molecule has 3 nitrogen and oxygen atoms in total. The van der Waals surface area contributed by atoms with E-state index in [1.807, 2.05) is 29.2 Å². The Morgan fingerprint density at radius 2 is 1.83 bits per heavy atom. The molecule has 23 heavy (non-hydrogen) atoms. The number of likely N-dealkylation sites (tertiary alicyclic amines) is 1. The average Bonchev–Trinajstić information content (AvgIpc) is 2.62. The number of rotatable bonds is 4. The van der Waals surface area contributed by atoms with Crippen LogP contribution in [0, 0.1) is 0 Å². The van der Waals surface area contributed by atoms with E-state index in [1.165, 1.54) is 5.56 Å². The third kappa shape index (κ3) is 3.80. The Balaban J connectivity index is 1.63. The van der Waals surface area contributed by atoms with Gasteiger partial charge >= 0.3 is 0 Å². The van der Waals surface area contributed by atoms with Crippen LogP contribution >= 0.6 is 0 Å². The number of ether oxygens (including phenoxy) is 1. The Morgan fingerprint density at radius 3 is 2.52 bits per heavy atom. The van der Waals surface area contributed by atoms with Crippen molar-refractivity contribution in [3.05, 3.63) is 71.3 Å². The first kappa shape index (κ1) is 15.8. The van der Waals surface area contributed by atoms with Crippen LogP contribution in [0.2, 0.25) is 0 Å². The molecule has 1 fully saturated rings. The average molecular weight is 309 g/mol. The highest BCUT2D eigenvalue weighted by Gasteiger charge is 2.24. The first-order valence-electron chi connectivity index (χ1n) is 8.20. The zero-order valence-corrected chi connectivity index (χ0v) is 13.6. The van der Waals surface area contributed by atoms with Crippen molar-refractivity contribution in [3.63, 3.8) is 0 Å². The Kier molecular flexibility index (Phi) is 5.09. The molecular formula is C20H23NO2. The summed E-state index contributed by atoms with van der Waals surface area (Å²) in [6.07, 6.45) is 2.07. The minimum Gasteiger partial charge on any atom is -0.380 e. The summed E-state index contributed by atoms with van der Waals surface area (Å²) >= 11 is 0. The maximum absolute atomic E-state index is 12.7. The summed E-state index contributed by atoms with van der Waals surface area (Å²) in [5.41, 5.74) is 3.19. The molecule has 0 bridgehead atoms. The molecule has 0 N–H and O–H groups in total. The van der Waals surface area contributed by atoms with Gasteiger partial charge in [-0.25, -0.2) is 0 Å². The van der Waals surface area contributed by atoms with Crippen molar-refractivity contribution < 1.29 is 9.53 Å². The number of piperidine rings is 1. The van der Waals surface area contributed by atoms with Crippen molar-refractivity contribution in [1.82, 2.24) is 4.90 Å². The molecule has 1 aliphatic rings. The molecule has 1 saturated heterocycles. The van der Waals surface area contributed by atoms with Gasteiger partial charge in [-0.05, 0) is 42.0 Å². The summed E-state index contributed by atoms with van der Waals surface area (Å²) < 4.78 is 5.15. The zero-order chi connectivity index (χ0) is 16.1. The van der Waals surface area contributed by atoms with Gasteiger partial charge < -0.3 is 9.64 Å². The molecule has 0 unspecified atom stereocenters. The van der Waals surface area contributed by atoms with Gasteiger partial charge in [0.1, 0.15) is 0 Å². The third-order valence-electron chi connectivity index (χ3n) is 4.54. The summed E-state index contributed by atoms with van der Waals surface area (Å²) in [5.74, 6) is 0.703. The lowest BCUT2D eigenvalue weighted by molar-refractivity contribution is 0.0712. The zero-order valence-electron chi connectivity index (χ0n) is 13.6. The van der Waals surface area contributed by atoms with Gasteiger partial charge in [-0.2, -0.15) is 0 Å². The molecule has 0 aliphatic carbocycles. The first-order valence-corrected chi connectivity index (χ1v) is 8.20. The highest BCUT2D eigenvalue weighted by atomic mass is 16.5. The molecule has 0 atom stereocenters. The van der Waals surface area contributed by atoms with Crippen LogP contribution in [-0.2, 0) is 11.3 Å². The van der Waals surface area contributed by atoms with Crippen LogP contribution in [0.4, 0.5) is 0 Å². The van der Waals surface area contributed by atoms with Crippen LogP contribution in [0.5, 0.6) is 0 Å². The molecule has 1 amide bonds. The third-order valence-corrected chi connectivity index (χ3v) is 4.54. The largest absolute Gasteiger partial charge is 0.380 e. The second-order valence-corrected chi connectivity index (χ2v) is 6.11. The second-order valence-electron chi connectivity index (χ2n) is 6.11. The lowest BCUT2D eigenvalue weighted by Gasteiger charge is -2.32. The fraction of sp³-hybridized carbons (Fsp3) is 0.350. The van der Waals surface area contributed by atoms with Crippen molar-refractivity contribution in [2.24, 2.45) is 0 Å². The van der Waals surface area contributed by atoms with Gasteiger partial charge in [0.15, 0.2) is 0 Å². The molecule has 2 aromatic rings. The van der Waals surface area contributed by atoms with Crippen LogP contribution in [0.15, 0.2) is 54.6 Å². The maximum atomic E-state index is 12.7. The highest BCUT2D eigenvalue weighted by molar-refractivity contribution is 5.94. The summed E-state index contributed by atoms with van der Waals surface area (Å²) in [6, 6.07) is 18.4. The number of hydrogen-bond donors (Lipinski definition) is 0. The van der Waals surface area contributed by atoms with Crippen molar-refractivity contribution in [3.8, 4) is 0 Å². The smallest absolute Gasteiger partial charge is 0.253 e. The number of carbonyl (C=O) groups is 1. The van der Waals surface area contributed by atoms with Crippen LogP contribution < -0.4 is 0 Å². The van der Waals surface area contributed by atoms with Crippen molar-refractivity contribution in [2.45, 2.75) is 25.4 Å². The Hall–Kier alpha value is -2.13. The topological polar surface area (TPSA) is 29.5 Å². The van der Waals surface area contributed by atoms with Crippen molar-refractivity contribution in [2.75, 3.05) is 20.2 Å². The Labute approximate surface area is 137 Å². The molecule has 1 heterocycles. The molecular weight excluding hydrogens is 286 g/mol. The predicted octanol–water partition coefficient (Wildman–Crippen LogP) is 3.85. The fourth-order valence-electron chi connectivity index (χ4n) is 3.28. The SMILES string of the molecule is COCc1cccc(C(=O)N2CCC(c3ccccc3)CC2)c1. The van der Waals surface area contributed by atoms with E-state index < -0.39 is 0 Å². The molecule has 3 rings (SSSR count). The summed E-state index contributed by atoms with van der Waals surface area (Å²) in [4.78, 5) is 14.7. The van der Waals surface area contributed by atoms with Crippen LogP contribution in [0.1, 0.15) is 40.2 Å². The van der Waals surface area contributed by atoms with Gasteiger partial charge in [0.25, 0.3) is 5.91 Å². The molecule has 0 radical (unpaired) electrons. The van der Waals surface area contributed by atoms with Gasteiger partial charge in [0.2, 0.25) is 0 Å². The van der Waals surface area contributed by atoms with E-state index in [0.717, 1.165) is 37.1 Å². The monoisotopic (exact) mass is 309 g/mol. The Morgan fingerprint density at radius 1 is 1.09 bits per heavy atom. The standard InChI is InChI=1S/C20H23NO2/c1-23-15-16-6-5-9-19(14-16)20(22)21-12-10-18(11-13-21)17-7-3-2-4-8-17/h2-9,14,18H,10-13,15H2,1H3. The second kappa shape index (κ2) is 7.42. The van der Waals surface area contributed by atoms with Crippen molar-refractivity contribution in [1.29, 1.82) is 0 Å². The number of hydrogen-bond acceptors (Lipinski definition) is 2. The van der Waals surface area contributed by atoms with E-state index in [2.05, 4.69) is 30.3 Å². The molecule has 1 aliphatic heterocycles. The lowest BCUT2D eigenvalue weighted by Crippen LogP contribution is -2.37. The molecule has 2 aromatic carbocycles. The molecule has 0 spiro atoms. The number of amides is 1. The number of benzene rings is 2. The van der Waals surface area contributed by atoms with Gasteiger partial charge in [0.05, 0.1) is 6.61 Å². The van der Waals surface area contributed by atoms with E-state index in [1.54, 1.807) is 7.11 Å². The maximum Gasteiger partial charge on any atom is 0.253 e. The highest BCUT2D eigenvalue weighted by Crippen LogP contribution is 2.28. The fourth-order valence-corrected chi connectivity index (χ4v) is 3.28. The van der Waals surface area contributed by atoms with E-state index in [4.69, 9.17) is 4.74 Å². The predicted molar refractivity (Wildman–Crippen MR) is 91.5 cm³/mol. The molecule has 0 saturated carbocycles. The number of methoxy groups -OCH3 is 1. The van der Waals surface area contributed by atoms with E-state index in [-0.39, 0.29) is 5.91 Å². The summed E-state index contributed by atoms with van der Waals surface area (Å²) in [7, 11) is 1.67. The van der Waals surface area contributed by atoms with Crippen LogP contribution in [0.25, 0.3) is 0 Å². The van der Waals surface area contributed by atoms with E-state index in [9.17, 15) is 4.79 Å². The van der Waals surface area contributed by atoms with Gasteiger partial charge in [0, 0.05) is 25.8 Å². The van der Waals surface area contributed by atoms with Gasteiger partial charge in [-0.1, -0.05) is 42.5 Å². The molecule has 0 aromatic heterocycles. The van der Waals surface area contributed by atoms with Gasteiger partial charge in [-0.3, -0.25) is 4.79 Å². The quantitative estimate of drug-likeness (QED) is 0.858. The molecule has 3 heteroatoms. The minimum absolute atomic E-state index is 0.134. The van der Waals surface area contributed by atoms with E-state index in [0.29, 0.717) is 12.5 Å². The van der Waals surface area contributed by atoms with Crippen LogP contribution in [0.3, 0.4) is 0 Å². The lowest BCUT2D eigenvalue weighted by atomic mass is 9.89. The number of carbonyl (C=O) groups excluding carboxylic acids is 1. The minimum atomic E-state index is 0.134. The summed E-state index contributed by atoms with van der Waals surface area (Å²) in [5, 5.41) is 0. The summed E-state index contributed by atoms with van der Waals surface area (Å²) in [6.45, 7) is 2.19. The normalized spacial score (nSPS) is 15.6. The van der Waals surface area contributed by atoms with Crippen molar-refractivity contribution >= 4 is 5.91 Å². The van der Waals surface area contributed by atoms with E-state index >= 15 is 0 Å². The number of nitrogens with zero attached hydrogens (tertiary/aromatic N) is 1. The molecule has 120 valence electrons. The van der Waals surface area contributed by atoms with Gasteiger partial charge in [-0.15, -0.1) is 0 Å². The Bertz CT molecular complexity index is 646.